The van der Waals surface area contributed by atoms with Gasteiger partial charge in [0.1, 0.15) is 12.0 Å². The van der Waals surface area contributed by atoms with Crippen molar-refractivity contribution in [1.82, 2.24) is 25.6 Å². The maximum absolute atomic E-state index is 13.5. The molecule has 2 N–H and O–H groups in total. The van der Waals surface area contributed by atoms with Gasteiger partial charge in [-0.3, -0.25) is 9.80 Å². The number of nitrogens with one attached hydrogen (secondary N) is 2. The topological polar surface area (TPSA) is 80.4 Å². The molecule has 1 saturated carbocycles. The number of carbonyl (C=O) groups excluding carboxylic acids is 2. The Bertz CT molecular complexity index is 954. The molecule has 1 unspecified atom stereocenters. The lowest BCUT2D eigenvalue weighted by molar-refractivity contribution is 0.0303. The number of morpholine rings is 1. The van der Waals surface area contributed by atoms with E-state index in [0.717, 1.165) is 30.2 Å². The summed E-state index contributed by atoms with van der Waals surface area (Å²) in [6.45, 7) is 4.14. The van der Waals surface area contributed by atoms with Crippen molar-refractivity contribution in [2.24, 2.45) is 0 Å². The van der Waals surface area contributed by atoms with Gasteiger partial charge >= 0.3 is 6.03 Å². The van der Waals surface area contributed by atoms with E-state index >= 15 is 0 Å². The number of carbonyl (C=O) groups is 2. The predicted octanol–water partition coefficient (Wildman–Crippen LogP) is 2.29. The third-order valence-corrected chi connectivity index (χ3v) is 7.55. The molecule has 1 atom stereocenters. The van der Waals surface area contributed by atoms with Gasteiger partial charge in [0.15, 0.2) is 0 Å². The van der Waals surface area contributed by atoms with Gasteiger partial charge in [-0.05, 0) is 48.6 Å². The quantitative estimate of drug-likeness (QED) is 0.706. The molecule has 9 nitrogen and oxygen atoms in total. The van der Waals surface area contributed by atoms with Crippen LogP contribution in [0.4, 0.5) is 10.5 Å². The number of hydrogen-bond acceptors (Lipinski definition) is 6. The molecule has 5 rings (SSSR count). The fourth-order valence-corrected chi connectivity index (χ4v) is 5.60. The highest BCUT2D eigenvalue weighted by Gasteiger charge is 2.38. The Kier molecular flexibility index (Phi) is 6.65. The molecule has 1 aromatic rings. The third kappa shape index (κ3) is 4.46. The molecule has 4 aliphatic rings. The molecule has 0 bridgehead atoms. The standard InChI is InChI=1S/C25H36N6O3/c1-26-25(33)27-22-17-23-30(8-9-31(23)28(22)2)21-15-19(18-6-4-3-5-7-18)14-20(16-21)24(32)29-10-12-34-13-11-29/h14-18,22H,3-13H2,1-2H3,(H2,26,27,33). The van der Waals surface area contributed by atoms with Crippen molar-refractivity contribution in [3.8, 4) is 0 Å². The van der Waals surface area contributed by atoms with E-state index in [2.05, 4.69) is 43.8 Å². The molecule has 1 aromatic carbocycles. The van der Waals surface area contributed by atoms with Crippen molar-refractivity contribution in [2.75, 3.05) is 58.4 Å². The van der Waals surface area contributed by atoms with Gasteiger partial charge in [-0.1, -0.05) is 19.3 Å². The smallest absolute Gasteiger partial charge is 0.316 e. The maximum Gasteiger partial charge on any atom is 0.316 e. The molecular formula is C25H36N6O3. The van der Waals surface area contributed by atoms with Crippen LogP contribution in [0.25, 0.3) is 0 Å². The average Bonchev–Trinajstić information content (AvgIpc) is 3.44. The summed E-state index contributed by atoms with van der Waals surface area (Å²) in [7, 11) is 3.61. The van der Waals surface area contributed by atoms with Crippen LogP contribution >= 0.6 is 0 Å². The number of benzene rings is 1. The first-order valence-electron chi connectivity index (χ1n) is 12.5. The summed E-state index contributed by atoms with van der Waals surface area (Å²) in [5.41, 5.74) is 3.10. The SMILES string of the molecule is CNC(=O)NC1C=C2N(c3cc(C(=O)N4CCOCC4)cc(C4CCCCC4)c3)CCN2N1C. The van der Waals surface area contributed by atoms with E-state index in [1.165, 1.54) is 37.7 Å². The van der Waals surface area contributed by atoms with E-state index < -0.39 is 0 Å². The zero-order valence-electron chi connectivity index (χ0n) is 20.3. The lowest BCUT2D eigenvalue weighted by atomic mass is 9.83. The fraction of sp³-hybridized carbons (Fsp3) is 0.600. The first-order valence-corrected chi connectivity index (χ1v) is 12.5. The molecule has 34 heavy (non-hydrogen) atoms. The number of ether oxygens (including phenoxy) is 1. The van der Waals surface area contributed by atoms with Crippen LogP contribution in [-0.2, 0) is 4.74 Å². The highest BCUT2D eigenvalue weighted by molar-refractivity contribution is 5.95. The molecule has 2 saturated heterocycles. The molecule has 3 aliphatic heterocycles. The van der Waals surface area contributed by atoms with Crippen molar-refractivity contribution in [2.45, 2.75) is 44.2 Å². The van der Waals surface area contributed by atoms with Gasteiger partial charge in [0.2, 0.25) is 0 Å². The van der Waals surface area contributed by atoms with E-state index in [1.54, 1.807) is 7.05 Å². The number of amides is 3. The van der Waals surface area contributed by atoms with E-state index in [1.807, 2.05) is 18.0 Å². The Morgan fingerprint density at radius 1 is 1.00 bits per heavy atom. The number of anilines is 1. The Morgan fingerprint density at radius 2 is 1.76 bits per heavy atom. The molecule has 1 aliphatic carbocycles. The van der Waals surface area contributed by atoms with Gasteiger partial charge in [0, 0.05) is 45.0 Å². The maximum atomic E-state index is 13.5. The minimum absolute atomic E-state index is 0.0925. The zero-order chi connectivity index (χ0) is 23.7. The Morgan fingerprint density at radius 3 is 2.50 bits per heavy atom. The number of fused-ring (bicyclic) bond motifs is 1. The number of hydrazine groups is 1. The van der Waals surface area contributed by atoms with Gasteiger partial charge in [-0.15, -0.1) is 0 Å². The third-order valence-electron chi connectivity index (χ3n) is 7.55. The Hall–Kier alpha value is -2.78. The minimum atomic E-state index is -0.214. The van der Waals surface area contributed by atoms with Crippen molar-refractivity contribution >= 4 is 17.6 Å². The lowest BCUT2D eigenvalue weighted by Crippen LogP contribution is -2.49. The fourth-order valence-electron chi connectivity index (χ4n) is 5.60. The van der Waals surface area contributed by atoms with Crippen LogP contribution in [0.15, 0.2) is 30.1 Å². The predicted molar refractivity (Wildman–Crippen MR) is 130 cm³/mol. The van der Waals surface area contributed by atoms with Crippen LogP contribution in [0.2, 0.25) is 0 Å². The molecule has 0 aromatic heterocycles. The highest BCUT2D eigenvalue weighted by Crippen LogP contribution is 2.38. The number of urea groups is 1. The number of rotatable bonds is 4. The zero-order valence-corrected chi connectivity index (χ0v) is 20.3. The summed E-state index contributed by atoms with van der Waals surface area (Å²) >= 11 is 0. The summed E-state index contributed by atoms with van der Waals surface area (Å²) in [5, 5.41) is 9.84. The Labute approximate surface area is 201 Å². The Balaban J connectivity index is 1.47. The van der Waals surface area contributed by atoms with E-state index in [-0.39, 0.29) is 18.1 Å². The van der Waals surface area contributed by atoms with Crippen molar-refractivity contribution in [3.05, 3.63) is 41.2 Å². The second kappa shape index (κ2) is 9.84. The monoisotopic (exact) mass is 468 g/mol. The van der Waals surface area contributed by atoms with Crippen LogP contribution in [0.3, 0.4) is 0 Å². The molecular weight excluding hydrogens is 432 g/mol. The summed E-state index contributed by atoms with van der Waals surface area (Å²) < 4.78 is 5.46. The van der Waals surface area contributed by atoms with Gasteiger partial charge in [0.05, 0.1) is 19.8 Å². The molecule has 0 spiro atoms. The lowest BCUT2D eigenvalue weighted by Gasteiger charge is -2.30. The van der Waals surface area contributed by atoms with Crippen molar-refractivity contribution in [1.29, 1.82) is 0 Å². The van der Waals surface area contributed by atoms with Gasteiger partial charge in [-0.2, -0.15) is 5.01 Å². The van der Waals surface area contributed by atoms with Crippen molar-refractivity contribution < 1.29 is 14.3 Å². The molecule has 0 radical (unpaired) electrons. The number of hydrogen-bond donors (Lipinski definition) is 2. The highest BCUT2D eigenvalue weighted by atomic mass is 16.5. The summed E-state index contributed by atoms with van der Waals surface area (Å²) in [4.78, 5) is 29.6. The average molecular weight is 469 g/mol. The van der Waals surface area contributed by atoms with Gasteiger partial charge in [-0.25, -0.2) is 4.79 Å². The van der Waals surface area contributed by atoms with Crippen LogP contribution in [0.5, 0.6) is 0 Å². The molecule has 184 valence electrons. The number of likely N-dealkylation sites (N-methyl/N-ethyl adjacent to an activating group) is 1. The van der Waals surface area contributed by atoms with E-state index in [9.17, 15) is 9.59 Å². The second-order valence-corrected chi connectivity index (χ2v) is 9.59. The molecule has 3 amide bonds. The molecule has 3 heterocycles. The first-order chi connectivity index (χ1) is 16.5. The normalized spacial score (nSPS) is 23.6. The van der Waals surface area contributed by atoms with Crippen LogP contribution in [-0.4, -0.2) is 86.5 Å². The molecule has 3 fully saturated rings. The largest absolute Gasteiger partial charge is 0.378 e. The van der Waals surface area contributed by atoms with Gasteiger partial charge < -0.3 is 25.2 Å². The van der Waals surface area contributed by atoms with Crippen LogP contribution in [0.1, 0.15) is 53.9 Å². The minimum Gasteiger partial charge on any atom is -0.378 e. The van der Waals surface area contributed by atoms with Gasteiger partial charge in [0.25, 0.3) is 5.91 Å². The van der Waals surface area contributed by atoms with Crippen LogP contribution < -0.4 is 15.5 Å². The van der Waals surface area contributed by atoms with E-state index in [0.29, 0.717) is 32.2 Å². The van der Waals surface area contributed by atoms with Crippen LogP contribution in [0, 0.1) is 0 Å². The molecule has 9 heteroatoms. The summed E-state index contributed by atoms with van der Waals surface area (Å²) in [6.07, 6.45) is 8.04. The first kappa shape index (κ1) is 23.0. The van der Waals surface area contributed by atoms with Crippen molar-refractivity contribution in [3.63, 3.8) is 0 Å². The summed E-state index contributed by atoms with van der Waals surface area (Å²) in [6, 6.07) is 6.26. The number of nitrogens with zero attached hydrogens (tertiary/aromatic N) is 4. The van der Waals surface area contributed by atoms with E-state index in [4.69, 9.17) is 4.74 Å². The summed E-state index contributed by atoms with van der Waals surface area (Å²) in [5.74, 6) is 1.65. The second-order valence-electron chi connectivity index (χ2n) is 9.59.